The minimum atomic E-state index is -3.89. The second-order valence-corrected chi connectivity index (χ2v) is 8.44. The molecular formula is C13H17NO5S2. The van der Waals surface area contributed by atoms with E-state index in [1.54, 1.807) is 12.1 Å². The number of sulfonamides is 1. The van der Waals surface area contributed by atoms with E-state index in [0.29, 0.717) is 0 Å². The Labute approximate surface area is 125 Å². The summed E-state index contributed by atoms with van der Waals surface area (Å²) in [5.74, 6) is 4.64. The number of nitrogens with one attached hydrogen (secondary N) is 1. The van der Waals surface area contributed by atoms with Gasteiger partial charge in [-0.1, -0.05) is 24.0 Å². The number of benzene rings is 1. The summed E-state index contributed by atoms with van der Waals surface area (Å²) in [7, 11) is -7.18. The van der Waals surface area contributed by atoms with Gasteiger partial charge < -0.3 is 5.11 Å². The minimum absolute atomic E-state index is 0.0497. The molecule has 0 heterocycles. The van der Waals surface area contributed by atoms with Gasteiger partial charge in [0.1, 0.15) is 16.4 Å². The van der Waals surface area contributed by atoms with Crippen LogP contribution in [0.15, 0.2) is 29.2 Å². The Morgan fingerprint density at radius 2 is 1.86 bits per heavy atom. The number of rotatable bonds is 5. The van der Waals surface area contributed by atoms with E-state index in [1.165, 1.54) is 19.1 Å². The number of sulfone groups is 1. The number of aliphatic hydroxyl groups is 1. The molecular weight excluding hydrogens is 314 g/mol. The van der Waals surface area contributed by atoms with Gasteiger partial charge in [-0.2, -0.15) is 0 Å². The highest BCUT2D eigenvalue weighted by atomic mass is 32.2. The van der Waals surface area contributed by atoms with Crippen LogP contribution in [0.2, 0.25) is 0 Å². The summed E-state index contributed by atoms with van der Waals surface area (Å²) >= 11 is 0. The Morgan fingerprint density at radius 3 is 2.43 bits per heavy atom. The van der Waals surface area contributed by atoms with Gasteiger partial charge in [-0.15, -0.1) is 0 Å². The third-order valence-electron chi connectivity index (χ3n) is 2.39. The maximum Gasteiger partial charge on any atom is 0.242 e. The third-order valence-corrected chi connectivity index (χ3v) is 5.14. The fourth-order valence-electron chi connectivity index (χ4n) is 1.76. The lowest BCUT2D eigenvalue weighted by molar-refractivity contribution is 0.350. The highest BCUT2D eigenvalue weighted by Crippen LogP contribution is 2.14. The van der Waals surface area contributed by atoms with Gasteiger partial charge in [0.05, 0.1) is 10.6 Å². The summed E-state index contributed by atoms with van der Waals surface area (Å²) in [6, 6.07) is 5.29. The van der Waals surface area contributed by atoms with E-state index in [-0.39, 0.29) is 22.8 Å². The molecule has 8 heteroatoms. The van der Waals surface area contributed by atoms with Gasteiger partial charge in [0.25, 0.3) is 0 Å². The van der Waals surface area contributed by atoms with Crippen molar-refractivity contribution in [3.8, 4) is 11.8 Å². The fourth-order valence-corrected chi connectivity index (χ4v) is 4.26. The largest absolute Gasteiger partial charge is 0.384 e. The molecule has 0 saturated heterocycles. The van der Waals surface area contributed by atoms with Gasteiger partial charge in [-0.3, -0.25) is 0 Å². The molecule has 1 aromatic carbocycles. The quantitative estimate of drug-likeness (QED) is 0.724. The van der Waals surface area contributed by atoms with Gasteiger partial charge in [-0.05, 0) is 19.1 Å². The third kappa shape index (κ3) is 5.85. The molecule has 1 atom stereocenters. The van der Waals surface area contributed by atoms with E-state index in [1.807, 2.05) is 0 Å². The lowest BCUT2D eigenvalue weighted by Crippen LogP contribution is -2.37. The molecule has 0 aliphatic carbocycles. The Hall–Kier alpha value is -1.40. The lowest BCUT2D eigenvalue weighted by atomic mass is 10.2. The lowest BCUT2D eigenvalue weighted by Gasteiger charge is -2.14. The molecule has 0 bridgehead atoms. The first kappa shape index (κ1) is 17.7. The predicted octanol–water partition coefficient (Wildman–Crippen LogP) is -0.258. The summed E-state index contributed by atoms with van der Waals surface area (Å²) < 4.78 is 49.2. The predicted molar refractivity (Wildman–Crippen MR) is 79.9 cm³/mol. The van der Waals surface area contributed by atoms with Crippen molar-refractivity contribution >= 4 is 19.9 Å². The van der Waals surface area contributed by atoms with E-state index in [4.69, 9.17) is 5.11 Å². The van der Waals surface area contributed by atoms with Crippen molar-refractivity contribution < 1.29 is 21.9 Å². The molecule has 0 saturated carbocycles. The highest BCUT2D eigenvalue weighted by molar-refractivity contribution is 7.91. The van der Waals surface area contributed by atoms with Crippen LogP contribution >= 0.6 is 0 Å². The van der Waals surface area contributed by atoms with Crippen LogP contribution in [0.1, 0.15) is 12.5 Å². The number of hydrogen-bond acceptors (Lipinski definition) is 5. The first-order valence-corrected chi connectivity index (χ1v) is 9.59. The summed E-state index contributed by atoms with van der Waals surface area (Å²) in [4.78, 5) is -0.0497. The van der Waals surface area contributed by atoms with E-state index in [9.17, 15) is 16.8 Å². The Morgan fingerprint density at radius 1 is 1.24 bits per heavy atom. The zero-order valence-electron chi connectivity index (χ0n) is 11.7. The maximum atomic E-state index is 12.3. The van der Waals surface area contributed by atoms with Crippen molar-refractivity contribution in [1.82, 2.24) is 4.72 Å². The smallest absolute Gasteiger partial charge is 0.242 e. The van der Waals surface area contributed by atoms with Crippen LogP contribution in [0.5, 0.6) is 0 Å². The number of aliphatic hydroxyl groups excluding tert-OH is 1. The summed E-state index contributed by atoms with van der Waals surface area (Å²) in [6.07, 6.45) is 1.04. The van der Waals surface area contributed by atoms with Crippen LogP contribution in [0, 0.1) is 11.8 Å². The van der Waals surface area contributed by atoms with E-state index in [0.717, 1.165) is 6.26 Å². The van der Waals surface area contributed by atoms with Crippen molar-refractivity contribution in [2.24, 2.45) is 0 Å². The standard InChI is InChI=1S/C13H17NO5S2/c1-11(10-20(2,16)17)14-21(18,19)13-8-4-3-6-12(13)7-5-9-15/h3-4,6,8,11,14-15H,9-10H2,1-2H3. The molecule has 0 aromatic heterocycles. The molecule has 1 rings (SSSR count). The van der Waals surface area contributed by atoms with Gasteiger partial charge in [-0.25, -0.2) is 21.6 Å². The van der Waals surface area contributed by atoms with Crippen molar-refractivity contribution in [3.05, 3.63) is 29.8 Å². The van der Waals surface area contributed by atoms with Crippen LogP contribution in [-0.4, -0.2) is 46.6 Å². The van der Waals surface area contributed by atoms with Gasteiger partial charge in [0.2, 0.25) is 10.0 Å². The minimum Gasteiger partial charge on any atom is -0.384 e. The van der Waals surface area contributed by atoms with Crippen molar-refractivity contribution in [3.63, 3.8) is 0 Å². The zero-order valence-corrected chi connectivity index (χ0v) is 13.3. The average Bonchev–Trinajstić information content (AvgIpc) is 2.33. The summed E-state index contributed by atoms with van der Waals surface area (Å²) in [6.45, 7) is 1.09. The SMILES string of the molecule is CC(CS(C)(=O)=O)NS(=O)(=O)c1ccccc1C#CCO. The molecule has 1 aromatic rings. The van der Waals surface area contributed by atoms with Crippen molar-refractivity contribution in [2.75, 3.05) is 18.6 Å². The Balaban J connectivity index is 3.09. The number of hydrogen-bond donors (Lipinski definition) is 2. The van der Waals surface area contributed by atoms with Gasteiger partial charge in [0.15, 0.2) is 0 Å². The molecule has 0 aliphatic rings. The fraction of sp³-hybridized carbons (Fsp3) is 0.385. The van der Waals surface area contributed by atoms with E-state index < -0.39 is 25.9 Å². The molecule has 6 nitrogen and oxygen atoms in total. The van der Waals surface area contributed by atoms with E-state index in [2.05, 4.69) is 16.6 Å². The summed E-state index contributed by atoms with van der Waals surface area (Å²) in [5, 5.41) is 8.69. The molecule has 0 radical (unpaired) electrons. The van der Waals surface area contributed by atoms with E-state index >= 15 is 0 Å². The van der Waals surface area contributed by atoms with Crippen LogP contribution in [-0.2, 0) is 19.9 Å². The zero-order chi connectivity index (χ0) is 16.1. The van der Waals surface area contributed by atoms with Crippen molar-refractivity contribution in [2.45, 2.75) is 17.9 Å². The topological polar surface area (TPSA) is 101 Å². The molecule has 2 N–H and O–H groups in total. The van der Waals surface area contributed by atoms with Gasteiger partial charge >= 0.3 is 0 Å². The normalized spacial score (nSPS) is 13.3. The monoisotopic (exact) mass is 331 g/mol. The average molecular weight is 331 g/mol. The van der Waals surface area contributed by atoms with Crippen LogP contribution in [0.3, 0.4) is 0 Å². The maximum absolute atomic E-state index is 12.3. The van der Waals surface area contributed by atoms with Crippen LogP contribution in [0.25, 0.3) is 0 Å². The molecule has 0 amide bonds. The molecule has 0 spiro atoms. The van der Waals surface area contributed by atoms with Crippen molar-refractivity contribution in [1.29, 1.82) is 0 Å². The molecule has 21 heavy (non-hydrogen) atoms. The van der Waals surface area contributed by atoms with Crippen LogP contribution < -0.4 is 4.72 Å². The Bertz CT molecular complexity index is 757. The Kier molecular flexibility index (Phi) is 5.92. The highest BCUT2D eigenvalue weighted by Gasteiger charge is 2.22. The second kappa shape index (κ2) is 7.04. The summed E-state index contributed by atoms with van der Waals surface area (Å²) in [5.41, 5.74) is 0.241. The molecule has 1 unspecified atom stereocenters. The molecule has 116 valence electrons. The van der Waals surface area contributed by atoms with Crippen LogP contribution in [0.4, 0.5) is 0 Å². The molecule has 0 fully saturated rings. The first-order chi connectivity index (χ1) is 9.65. The first-order valence-electron chi connectivity index (χ1n) is 6.04. The molecule has 0 aliphatic heterocycles. The van der Waals surface area contributed by atoms with Gasteiger partial charge in [0, 0.05) is 17.9 Å². The second-order valence-electron chi connectivity index (χ2n) is 4.57.